The van der Waals surface area contributed by atoms with Crippen LogP contribution in [0, 0.1) is 5.82 Å². The first kappa shape index (κ1) is 13.3. The van der Waals surface area contributed by atoms with E-state index in [4.69, 9.17) is 5.73 Å². The summed E-state index contributed by atoms with van der Waals surface area (Å²) in [6.07, 6.45) is 2.21. The molecule has 2 nitrogen and oxygen atoms in total. The molecule has 0 bridgehead atoms. The summed E-state index contributed by atoms with van der Waals surface area (Å²) in [5.41, 5.74) is 7.31. The van der Waals surface area contributed by atoms with Crippen LogP contribution in [0.15, 0.2) is 16.6 Å². The van der Waals surface area contributed by atoms with Crippen molar-refractivity contribution >= 4 is 27.3 Å². The Kier molecular flexibility index (Phi) is 5.06. The summed E-state index contributed by atoms with van der Waals surface area (Å²) in [5, 5.41) is 0. The van der Waals surface area contributed by atoms with Gasteiger partial charge in [0.25, 0.3) is 0 Å². The fraction of sp³-hybridized carbons (Fsp3) is 0.500. The van der Waals surface area contributed by atoms with Crippen molar-refractivity contribution in [2.24, 2.45) is 0 Å². The Morgan fingerprint density at radius 3 is 2.62 bits per heavy atom. The van der Waals surface area contributed by atoms with E-state index >= 15 is 0 Å². The van der Waals surface area contributed by atoms with Crippen molar-refractivity contribution in [1.29, 1.82) is 0 Å². The largest absolute Gasteiger partial charge is 0.397 e. The highest BCUT2D eigenvalue weighted by Crippen LogP contribution is 2.29. The highest BCUT2D eigenvalue weighted by Gasteiger charge is 2.11. The van der Waals surface area contributed by atoms with Gasteiger partial charge in [0.2, 0.25) is 0 Å². The molecular weight excluding hydrogens is 271 g/mol. The van der Waals surface area contributed by atoms with Crippen molar-refractivity contribution in [2.45, 2.75) is 26.7 Å². The predicted octanol–water partition coefficient (Wildman–Crippen LogP) is 3.80. The van der Waals surface area contributed by atoms with Crippen molar-refractivity contribution in [1.82, 2.24) is 0 Å². The number of benzene rings is 1. The summed E-state index contributed by atoms with van der Waals surface area (Å²) in [6, 6.07) is 3.12. The fourth-order valence-corrected chi connectivity index (χ4v) is 1.98. The first-order valence-electron chi connectivity index (χ1n) is 5.59. The Balaban J connectivity index is 2.95. The van der Waals surface area contributed by atoms with Gasteiger partial charge in [0.15, 0.2) is 0 Å². The molecule has 0 spiro atoms. The summed E-state index contributed by atoms with van der Waals surface area (Å²) < 4.78 is 13.9. The number of halogens is 2. The van der Waals surface area contributed by atoms with E-state index in [2.05, 4.69) is 34.7 Å². The minimum Gasteiger partial charge on any atom is -0.397 e. The number of hydrogen-bond donors (Lipinski definition) is 1. The van der Waals surface area contributed by atoms with Crippen molar-refractivity contribution in [3.63, 3.8) is 0 Å². The molecule has 1 rings (SSSR count). The van der Waals surface area contributed by atoms with Gasteiger partial charge in [-0.05, 0) is 35.3 Å². The molecule has 0 fully saturated rings. The third-order valence-electron chi connectivity index (χ3n) is 2.57. The minimum absolute atomic E-state index is 0.265. The van der Waals surface area contributed by atoms with Crippen molar-refractivity contribution < 1.29 is 4.39 Å². The normalized spacial score (nSPS) is 10.5. The Hall–Kier alpha value is -0.770. The molecule has 0 aliphatic rings. The van der Waals surface area contributed by atoms with E-state index in [0.29, 0.717) is 10.2 Å². The number of nitrogens with two attached hydrogens (primary N) is 1. The van der Waals surface area contributed by atoms with E-state index in [9.17, 15) is 4.39 Å². The lowest BCUT2D eigenvalue weighted by atomic mass is 10.2. The van der Waals surface area contributed by atoms with E-state index in [1.807, 2.05) is 0 Å². The van der Waals surface area contributed by atoms with E-state index in [-0.39, 0.29) is 5.82 Å². The second kappa shape index (κ2) is 6.09. The lowest BCUT2D eigenvalue weighted by molar-refractivity contribution is 0.619. The Morgan fingerprint density at radius 2 is 2.06 bits per heavy atom. The summed E-state index contributed by atoms with van der Waals surface area (Å²) in [4.78, 5) is 2.11. The van der Waals surface area contributed by atoms with Gasteiger partial charge in [-0.25, -0.2) is 4.39 Å². The van der Waals surface area contributed by atoms with Gasteiger partial charge in [-0.15, -0.1) is 0 Å². The molecular formula is C12H18BrFN2. The van der Waals surface area contributed by atoms with Gasteiger partial charge in [0.05, 0.1) is 15.8 Å². The first-order chi connectivity index (χ1) is 7.60. The molecule has 1 aromatic carbocycles. The van der Waals surface area contributed by atoms with Gasteiger partial charge in [0.1, 0.15) is 5.82 Å². The molecule has 90 valence electrons. The van der Waals surface area contributed by atoms with E-state index in [1.54, 1.807) is 6.07 Å². The number of nitrogens with zero attached hydrogens (tertiary/aromatic N) is 1. The van der Waals surface area contributed by atoms with Gasteiger partial charge < -0.3 is 10.6 Å². The van der Waals surface area contributed by atoms with E-state index in [0.717, 1.165) is 31.6 Å². The molecule has 0 aromatic heterocycles. The average Bonchev–Trinajstić information content (AvgIpc) is 2.26. The Bertz CT molecular complexity index is 355. The number of unbranched alkanes of at least 4 members (excludes halogenated alkanes) is 1. The van der Waals surface area contributed by atoms with Crippen LogP contribution in [-0.4, -0.2) is 13.1 Å². The summed E-state index contributed by atoms with van der Waals surface area (Å²) in [5.74, 6) is -0.265. The lowest BCUT2D eigenvalue weighted by Gasteiger charge is -2.24. The molecule has 0 aliphatic carbocycles. The first-order valence-corrected chi connectivity index (χ1v) is 6.38. The summed E-state index contributed by atoms with van der Waals surface area (Å²) >= 11 is 3.13. The third-order valence-corrected chi connectivity index (χ3v) is 3.18. The fourth-order valence-electron chi connectivity index (χ4n) is 1.62. The number of nitrogen functional groups attached to an aromatic ring is 1. The van der Waals surface area contributed by atoms with Crippen LogP contribution < -0.4 is 10.6 Å². The minimum atomic E-state index is -0.265. The lowest BCUT2D eigenvalue weighted by Crippen LogP contribution is -2.25. The molecule has 0 saturated carbocycles. The van der Waals surface area contributed by atoms with Gasteiger partial charge in [-0.1, -0.05) is 13.3 Å². The van der Waals surface area contributed by atoms with Gasteiger partial charge in [0, 0.05) is 19.2 Å². The summed E-state index contributed by atoms with van der Waals surface area (Å²) in [6.45, 7) is 5.94. The second-order valence-corrected chi connectivity index (χ2v) is 4.61. The quantitative estimate of drug-likeness (QED) is 0.835. The van der Waals surface area contributed by atoms with Crippen molar-refractivity contribution in [3.05, 3.63) is 22.4 Å². The SMILES string of the molecule is CCCCN(CC)c1cc(F)c(Br)cc1N. The van der Waals surface area contributed by atoms with Gasteiger partial charge >= 0.3 is 0 Å². The van der Waals surface area contributed by atoms with Crippen LogP contribution in [0.4, 0.5) is 15.8 Å². The highest BCUT2D eigenvalue weighted by atomic mass is 79.9. The van der Waals surface area contributed by atoms with Crippen LogP contribution in [0.2, 0.25) is 0 Å². The number of rotatable bonds is 5. The Labute approximate surface area is 105 Å². The van der Waals surface area contributed by atoms with Crippen molar-refractivity contribution in [2.75, 3.05) is 23.7 Å². The van der Waals surface area contributed by atoms with Crippen LogP contribution in [0.1, 0.15) is 26.7 Å². The Morgan fingerprint density at radius 1 is 1.38 bits per heavy atom. The maximum absolute atomic E-state index is 13.4. The molecule has 4 heteroatoms. The molecule has 0 aliphatic heterocycles. The second-order valence-electron chi connectivity index (χ2n) is 3.76. The smallest absolute Gasteiger partial charge is 0.139 e. The van der Waals surface area contributed by atoms with Gasteiger partial charge in [-0.2, -0.15) is 0 Å². The average molecular weight is 289 g/mol. The highest BCUT2D eigenvalue weighted by molar-refractivity contribution is 9.10. The van der Waals surface area contributed by atoms with Crippen LogP contribution in [0.3, 0.4) is 0 Å². The van der Waals surface area contributed by atoms with Crippen LogP contribution in [0.5, 0.6) is 0 Å². The zero-order valence-electron chi connectivity index (χ0n) is 9.76. The maximum Gasteiger partial charge on any atom is 0.139 e. The standard InChI is InChI=1S/C12H18BrFN2/c1-3-5-6-16(4-2)12-8-10(14)9(13)7-11(12)15/h7-8H,3-6,15H2,1-2H3. The molecule has 1 aromatic rings. The van der Waals surface area contributed by atoms with Crippen LogP contribution in [-0.2, 0) is 0 Å². The molecule has 0 atom stereocenters. The predicted molar refractivity (Wildman–Crippen MR) is 71.3 cm³/mol. The number of hydrogen-bond acceptors (Lipinski definition) is 2. The van der Waals surface area contributed by atoms with E-state index in [1.165, 1.54) is 6.07 Å². The molecule has 16 heavy (non-hydrogen) atoms. The zero-order valence-corrected chi connectivity index (χ0v) is 11.3. The monoisotopic (exact) mass is 288 g/mol. The maximum atomic E-state index is 13.4. The zero-order chi connectivity index (χ0) is 12.1. The molecule has 0 heterocycles. The molecule has 0 saturated heterocycles. The summed E-state index contributed by atoms with van der Waals surface area (Å²) in [7, 11) is 0. The number of anilines is 2. The van der Waals surface area contributed by atoms with Gasteiger partial charge in [-0.3, -0.25) is 0 Å². The van der Waals surface area contributed by atoms with Crippen LogP contribution >= 0.6 is 15.9 Å². The van der Waals surface area contributed by atoms with Crippen molar-refractivity contribution in [3.8, 4) is 0 Å². The topological polar surface area (TPSA) is 29.3 Å². The van der Waals surface area contributed by atoms with E-state index < -0.39 is 0 Å². The molecule has 0 radical (unpaired) electrons. The molecule has 2 N–H and O–H groups in total. The molecule has 0 amide bonds. The third kappa shape index (κ3) is 3.11. The molecule has 0 unspecified atom stereocenters. The van der Waals surface area contributed by atoms with Crippen LogP contribution in [0.25, 0.3) is 0 Å².